The van der Waals surface area contributed by atoms with Gasteiger partial charge in [0, 0.05) is 29.1 Å². The second kappa shape index (κ2) is 11.6. The van der Waals surface area contributed by atoms with Crippen LogP contribution in [0.25, 0.3) is 0 Å². The zero-order valence-corrected chi connectivity index (χ0v) is 21.1. The Hall–Kier alpha value is -3.69. The molecule has 1 aliphatic rings. The number of nitro benzene ring substituents is 1. The maximum atomic E-state index is 13.6. The van der Waals surface area contributed by atoms with Gasteiger partial charge in [-0.05, 0) is 46.1 Å². The summed E-state index contributed by atoms with van der Waals surface area (Å²) in [6.07, 6.45) is -0.424. The fourth-order valence-corrected chi connectivity index (χ4v) is 3.94. The Bertz CT molecular complexity index is 1070. The summed E-state index contributed by atoms with van der Waals surface area (Å²) >= 11 is 0. The first-order valence-electron chi connectivity index (χ1n) is 11.5. The second-order valence-electron chi connectivity index (χ2n) is 8.89. The van der Waals surface area contributed by atoms with E-state index in [-0.39, 0.29) is 29.4 Å². The van der Waals surface area contributed by atoms with Crippen molar-refractivity contribution in [3.05, 3.63) is 62.5 Å². The fraction of sp³-hybridized carbons (Fsp3) is 0.480. The Morgan fingerprint density at radius 3 is 2.29 bits per heavy atom. The molecule has 1 aromatic carbocycles. The summed E-state index contributed by atoms with van der Waals surface area (Å²) in [7, 11) is 0. The van der Waals surface area contributed by atoms with Crippen LogP contribution in [0.15, 0.2) is 46.8 Å². The van der Waals surface area contributed by atoms with Crippen molar-refractivity contribution in [1.29, 1.82) is 0 Å². The Balaban J connectivity index is 2.64. The third kappa shape index (κ3) is 6.46. The molecule has 1 aliphatic heterocycles. The van der Waals surface area contributed by atoms with Crippen molar-refractivity contribution < 1.29 is 28.8 Å². The lowest BCUT2D eigenvalue weighted by Gasteiger charge is -2.32. The van der Waals surface area contributed by atoms with E-state index >= 15 is 0 Å². The summed E-state index contributed by atoms with van der Waals surface area (Å²) < 4.78 is 10.6. The number of hydrogen-bond donors (Lipinski definition) is 2. The SMILES string of the molecule is CCOC(=O)C(NC(=O)C1=C(C)NC(C)=C(C(=O)OC(C)C)C1c1cccc([N+](=O)[O-])c1)C(C)C. The standard InChI is InChI=1S/C25H33N3O7/c1-8-34-25(31)22(13(2)3)27-23(29)19-15(6)26-16(7)20(24(30)35-14(4)5)21(19)17-10-9-11-18(12-17)28(32)33/h9-14,21-22,26H,8H2,1-7H3,(H,27,29). The highest BCUT2D eigenvalue weighted by Crippen LogP contribution is 2.40. The van der Waals surface area contributed by atoms with Crippen molar-refractivity contribution >= 4 is 23.5 Å². The normalized spacial score (nSPS) is 16.7. The van der Waals surface area contributed by atoms with Crippen molar-refractivity contribution in [3.63, 3.8) is 0 Å². The largest absolute Gasteiger partial charge is 0.464 e. The molecule has 2 rings (SSSR count). The van der Waals surface area contributed by atoms with Crippen molar-refractivity contribution in [2.45, 2.75) is 66.5 Å². The molecule has 2 N–H and O–H groups in total. The van der Waals surface area contributed by atoms with E-state index in [1.165, 1.54) is 18.2 Å². The van der Waals surface area contributed by atoms with Gasteiger partial charge < -0.3 is 20.1 Å². The van der Waals surface area contributed by atoms with Gasteiger partial charge in [-0.25, -0.2) is 9.59 Å². The molecule has 2 unspecified atom stereocenters. The highest BCUT2D eigenvalue weighted by atomic mass is 16.6. The van der Waals surface area contributed by atoms with Gasteiger partial charge >= 0.3 is 11.9 Å². The molecule has 0 spiro atoms. The van der Waals surface area contributed by atoms with E-state index in [9.17, 15) is 24.5 Å². The lowest BCUT2D eigenvalue weighted by molar-refractivity contribution is -0.384. The Morgan fingerprint density at radius 1 is 1.11 bits per heavy atom. The number of rotatable bonds is 9. The minimum absolute atomic E-state index is 0.154. The van der Waals surface area contributed by atoms with Crippen LogP contribution in [0.4, 0.5) is 5.69 Å². The van der Waals surface area contributed by atoms with Gasteiger partial charge in [0.15, 0.2) is 0 Å². The van der Waals surface area contributed by atoms with E-state index in [2.05, 4.69) is 10.6 Å². The zero-order valence-electron chi connectivity index (χ0n) is 21.1. The van der Waals surface area contributed by atoms with Gasteiger partial charge in [0.05, 0.1) is 29.1 Å². The number of ether oxygens (including phenoxy) is 2. The molecule has 0 saturated carbocycles. The molecule has 0 aliphatic carbocycles. The number of nitro groups is 1. The second-order valence-corrected chi connectivity index (χ2v) is 8.89. The Morgan fingerprint density at radius 2 is 1.74 bits per heavy atom. The number of carbonyl (C=O) groups excluding carboxylic acids is 3. The molecule has 0 bridgehead atoms. The monoisotopic (exact) mass is 487 g/mol. The summed E-state index contributed by atoms with van der Waals surface area (Å²) in [6.45, 7) is 12.1. The molecule has 10 heteroatoms. The summed E-state index contributed by atoms with van der Waals surface area (Å²) in [5, 5.41) is 17.2. The molecule has 0 fully saturated rings. The van der Waals surface area contributed by atoms with Crippen molar-refractivity contribution in [2.24, 2.45) is 5.92 Å². The molecule has 1 aromatic rings. The van der Waals surface area contributed by atoms with Crippen LogP contribution >= 0.6 is 0 Å². The molecule has 190 valence electrons. The Kier molecular flexibility index (Phi) is 9.16. The van der Waals surface area contributed by atoms with Crippen LogP contribution in [0.1, 0.15) is 59.9 Å². The van der Waals surface area contributed by atoms with Gasteiger partial charge in [-0.2, -0.15) is 0 Å². The predicted molar refractivity (Wildman–Crippen MR) is 129 cm³/mol. The molecular weight excluding hydrogens is 454 g/mol. The summed E-state index contributed by atoms with van der Waals surface area (Å²) in [5.74, 6) is -3.05. The van der Waals surface area contributed by atoms with E-state index in [1.807, 2.05) is 0 Å². The molecule has 0 radical (unpaired) electrons. The van der Waals surface area contributed by atoms with Crippen LogP contribution in [-0.4, -0.2) is 41.5 Å². The van der Waals surface area contributed by atoms with Crippen LogP contribution < -0.4 is 10.6 Å². The van der Waals surface area contributed by atoms with Gasteiger partial charge in [-0.15, -0.1) is 0 Å². The van der Waals surface area contributed by atoms with E-state index in [0.29, 0.717) is 17.0 Å². The minimum atomic E-state index is -0.961. The summed E-state index contributed by atoms with van der Waals surface area (Å²) in [5.41, 5.74) is 1.42. The Labute approximate surface area is 204 Å². The van der Waals surface area contributed by atoms with Crippen molar-refractivity contribution in [1.82, 2.24) is 10.6 Å². The smallest absolute Gasteiger partial charge is 0.337 e. The number of carbonyl (C=O) groups is 3. The van der Waals surface area contributed by atoms with Crippen LogP contribution in [0.2, 0.25) is 0 Å². The average molecular weight is 488 g/mol. The number of esters is 2. The molecule has 10 nitrogen and oxygen atoms in total. The highest BCUT2D eigenvalue weighted by molar-refractivity contribution is 6.03. The third-order valence-electron chi connectivity index (χ3n) is 5.48. The van der Waals surface area contributed by atoms with Crippen LogP contribution in [0, 0.1) is 16.0 Å². The van der Waals surface area contributed by atoms with E-state index in [0.717, 1.165) is 0 Å². The molecule has 1 amide bonds. The third-order valence-corrected chi connectivity index (χ3v) is 5.48. The van der Waals surface area contributed by atoms with Gasteiger partial charge in [0.2, 0.25) is 0 Å². The number of nitrogens with zero attached hydrogens (tertiary/aromatic N) is 1. The van der Waals surface area contributed by atoms with E-state index in [1.54, 1.807) is 54.5 Å². The quantitative estimate of drug-likeness (QED) is 0.307. The molecule has 35 heavy (non-hydrogen) atoms. The molecule has 2 atom stereocenters. The van der Waals surface area contributed by atoms with Crippen LogP contribution in [0.5, 0.6) is 0 Å². The van der Waals surface area contributed by atoms with E-state index < -0.39 is 40.8 Å². The molecular formula is C25H33N3O7. The fourth-order valence-electron chi connectivity index (χ4n) is 3.94. The predicted octanol–water partition coefficient (Wildman–Crippen LogP) is 3.49. The van der Waals surface area contributed by atoms with Crippen LogP contribution in [0.3, 0.4) is 0 Å². The molecule has 1 heterocycles. The topological polar surface area (TPSA) is 137 Å². The maximum absolute atomic E-state index is 13.6. The summed E-state index contributed by atoms with van der Waals surface area (Å²) in [4.78, 5) is 50.1. The molecule has 0 aromatic heterocycles. The molecule has 0 saturated heterocycles. The zero-order chi connectivity index (χ0) is 26.4. The number of allylic oxidation sites excluding steroid dienone is 2. The number of nitrogens with one attached hydrogen (secondary N) is 2. The number of dihydropyridines is 1. The van der Waals surface area contributed by atoms with Gasteiger partial charge in [0.25, 0.3) is 11.6 Å². The summed E-state index contributed by atoms with van der Waals surface area (Å²) in [6, 6.07) is 4.85. The number of amides is 1. The van der Waals surface area contributed by atoms with Crippen molar-refractivity contribution in [3.8, 4) is 0 Å². The first-order valence-corrected chi connectivity index (χ1v) is 11.5. The maximum Gasteiger partial charge on any atom is 0.337 e. The lowest BCUT2D eigenvalue weighted by atomic mass is 9.79. The highest BCUT2D eigenvalue weighted by Gasteiger charge is 2.39. The van der Waals surface area contributed by atoms with E-state index in [4.69, 9.17) is 9.47 Å². The van der Waals surface area contributed by atoms with Gasteiger partial charge in [0.1, 0.15) is 6.04 Å². The number of non-ortho nitro benzene ring substituents is 1. The lowest BCUT2D eigenvalue weighted by Crippen LogP contribution is -2.47. The van der Waals surface area contributed by atoms with Gasteiger partial charge in [-0.1, -0.05) is 26.0 Å². The van der Waals surface area contributed by atoms with Crippen LogP contribution in [-0.2, 0) is 23.9 Å². The van der Waals surface area contributed by atoms with Gasteiger partial charge in [-0.3, -0.25) is 14.9 Å². The number of benzene rings is 1. The van der Waals surface area contributed by atoms with Crippen molar-refractivity contribution in [2.75, 3.05) is 6.61 Å². The first-order chi connectivity index (χ1) is 16.4. The first kappa shape index (κ1) is 27.6. The minimum Gasteiger partial charge on any atom is -0.464 e. The number of hydrogen-bond acceptors (Lipinski definition) is 8. The average Bonchev–Trinajstić information content (AvgIpc) is 2.76.